The number of hydrogen-bond donors (Lipinski definition) is 1. The monoisotopic (exact) mass is 293 g/mol. The number of anilines is 1. The number of amides is 1. The van der Waals surface area contributed by atoms with Gasteiger partial charge in [0.1, 0.15) is 5.82 Å². The van der Waals surface area contributed by atoms with Gasteiger partial charge in [0.05, 0.1) is 11.4 Å². The summed E-state index contributed by atoms with van der Waals surface area (Å²) in [5, 5.41) is 7.11. The van der Waals surface area contributed by atoms with Crippen LogP contribution in [0.2, 0.25) is 0 Å². The molecule has 2 aromatic rings. The molecule has 0 saturated carbocycles. The molecule has 4 nitrogen and oxygen atoms in total. The van der Waals surface area contributed by atoms with Crippen LogP contribution in [0.3, 0.4) is 0 Å². The van der Waals surface area contributed by atoms with Gasteiger partial charge < -0.3 is 5.32 Å². The third-order valence-corrected chi connectivity index (χ3v) is 2.68. The van der Waals surface area contributed by atoms with Crippen molar-refractivity contribution in [2.45, 2.75) is 13.8 Å². The summed E-state index contributed by atoms with van der Waals surface area (Å²) >= 11 is 3.41. The van der Waals surface area contributed by atoms with Gasteiger partial charge in [-0.1, -0.05) is 22.0 Å². The predicted molar refractivity (Wildman–Crippen MR) is 70.3 cm³/mol. The van der Waals surface area contributed by atoms with Gasteiger partial charge in [-0.2, -0.15) is 5.10 Å². The molecular formula is C12H12BrN3O. The minimum absolute atomic E-state index is 0.110. The largest absolute Gasteiger partial charge is 0.311 e. The predicted octanol–water partition coefficient (Wildman–Crippen LogP) is 2.90. The second-order valence-corrected chi connectivity index (χ2v) is 4.66. The summed E-state index contributed by atoms with van der Waals surface area (Å²) in [6.07, 6.45) is 0. The summed E-state index contributed by atoms with van der Waals surface area (Å²) in [4.78, 5) is 11.1. The summed E-state index contributed by atoms with van der Waals surface area (Å²) in [5.41, 5.74) is 1.75. The molecule has 0 spiro atoms. The van der Waals surface area contributed by atoms with Crippen molar-refractivity contribution in [1.82, 2.24) is 9.78 Å². The van der Waals surface area contributed by atoms with E-state index < -0.39 is 0 Å². The fourth-order valence-electron chi connectivity index (χ4n) is 1.57. The van der Waals surface area contributed by atoms with Gasteiger partial charge in [-0.05, 0) is 25.1 Å². The van der Waals surface area contributed by atoms with Gasteiger partial charge in [-0.15, -0.1) is 0 Å². The molecule has 5 heteroatoms. The highest BCUT2D eigenvalue weighted by Gasteiger charge is 2.08. The molecule has 1 aromatic heterocycles. The fraction of sp³-hybridized carbons (Fsp3) is 0.167. The molecule has 0 aliphatic rings. The van der Waals surface area contributed by atoms with Crippen LogP contribution in [-0.4, -0.2) is 15.7 Å². The van der Waals surface area contributed by atoms with E-state index >= 15 is 0 Å². The number of carbonyl (C=O) groups is 1. The second kappa shape index (κ2) is 4.71. The molecule has 0 unspecified atom stereocenters. The van der Waals surface area contributed by atoms with Crippen LogP contribution in [0.25, 0.3) is 5.69 Å². The summed E-state index contributed by atoms with van der Waals surface area (Å²) in [7, 11) is 0. The number of rotatable bonds is 2. The lowest BCUT2D eigenvalue weighted by Crippen LogP contribution is -2.10. The Labute approximate surface area is 108 Å². The smallest absolute Gasteiger partial charge is 0.222 e. The molecule has 2 rings (SSSR count). The van der Waals surface area contributed by atoms with Crippen molar-refractivity contribution in [3.8, 4) is 5.69 Å². The minimum Gasteiger partial charge on any atom is -0.311 e. The first-order valence-electron chi connectivity index (χ1n) is 5.16. The van der Waals surface area contributed by atoms with Gasteiger partial charge in [0.25, 0.3) is 0 Å². The molecule has 0 fully saturated rings. The Morgan fingerprint density at radius 1 is 1.41 bits per heavy atom. The molecule has 0 bridgehead atoms. The maximum absolute atomic E-state index is 11.1. The summed E-state index contributed by atoms with van der Waals surface area (Å²) in [6.45, 7) is 3.37. The molecule has 0 saturated heterocycles. The highest BCUT2D eigenvalue weighted by molar-refractivity contribution is 9.10. The third kappa shape index (κ3) is 2.74. The molecule has 1 amide bonds. The van der Waals surface area contributed by atoms with Crippen LogP contribution >= 0.6 is 15.9 Å². The van der Waals surface area contributed by atoms with Crippen LogP contribution in [0.1, 0.15) is 12.6 Å². The Hall–Kier alpha value is -1.62. The van der Waals surface area contributed by atoms with Crippen LogP contribution in [0, 0.1) is 6.92 Å². The van der Waals surface area contributed by atoms with E-state index in [9.17, 15) is 4.79 Å². The molecule has 0 aliphatic heterocycles. The minimum atomic E-state index is -0.110. The Kier molecular flexibility index (Phi) is 3.28. The van der Waals surface area contributed by atoms with Gasteiger partial charge in [0.15, 0.2) is 0 Å². The number of benzene rings is 1. The molecule has 88 valence electrons. The average Bonchev–Trinajstić information content (AvgIpc) is 2.58. The van der Waals surface area contributed by atoms with Crippen molar-refractivity contribution in [2.24, 2.45) is 0 Å². The third-order valence-electron chi connectivity index (χ3n) is 2.19. The fourth-order valence-corrected chi connectivity index (χ4v) is 1.96. The number of aromatic nitrogens is 2. The Bertz CT molecular complexity index is 563. The lowest BCUT2D eigenvalue weighted by molar-refractivity contribution is -0.114. The first-order chi connectivity index (χ1) is 8.06. The molecule has 0 radical (unpaired) electrons. The Morgan fingerprint density at radius 2 is 2.18 bits per heavy atom. The molecule has 1 heterocycles. The van der Waals surface area contributed by atoms with Crippen molar-refractivity contribution < 1.29 is 4.79 Å². The van der Waals surface area contributed by atoms with Crippen molar-refractivity contribution >= 4 is 27.7 Å². The summed E-state index contributed by atoms with van der Waals surface area (Å²) in [6, 6.07) is 9.58. The zero-order valence-electron chi connectivity index (χ0n) is 9.57. The highest BCUT2D eigenvalue weighted by Crippen LogP contribution is 2.20. The first-order valence-corrected chi connectivity index (χ1v) is 5.96. The van der Waals surface area contributed by atoms with E-state index in [-0.39, 0.29) is 5.91 Å². The lowest BCUT2D eigenvalue weighted by Gasteiger charge is -2.07. The van der Waals surface area contributed by atoms with Crippen molar-refractivity contribution in [1.29, 1.82) is 0 Å². The van der Waals surface area contributed by atoms with E-state index in [0.29, 0.717) is 5.82 Å². The summed E-state index contributed by atoms with van der Waals surface area (Å²) < 4.78 is 2.68. The number of nitrogens with one attached hydrogen (secondary N) is 1. The molecule has 1 N–H and O–H groups in total. The van der Waals surface area contributed by atoms with Crippen molar-refractivity contribution in [2.75, 3.05) is 5.32 Å². The normalized spacial score (nSPS) is 10.3. The maximum Gasteiger partial charge on any atom is 0.222 e. The van der Waals surface area contributed by atoms with E-state index in [2.05, 4.69) is 26.3 Å². The quantitative estimate of drug-likeness (QED) is 0.925. The van der Waals surface area contributed by atoms with Crippen LogP contribution in [0.4, 0.5) is 5.82 Å². The molecular weight excluding hydrogens is 282 g/mol. The topological polar surface area (TPSA) is 46.9 Å². The van der Waals surface area contributed by atoms with Crippen molar-refractivity contribution in [3.05, 3.63) is 40.5 Å². The van der Waals surface area contributed by atoms with Crippen molar-refractivity contribution in [3.63, 3.8) is 0 Å². The van der Waals surface area contributed by atoms with Crippen LogP contribution < -0.4 is 5.32 Å². The Morgan fingerprint density at radius 3 is 2.82 bits per heavy atom. The van der Waals surface area contributed by atoms with E-state index in [0.717, 1.165) is 15.9 Å². The lowest BCUT2D eigenvalue weighted by atomic mass is 10.3. The highest BCUT2D eigenvalue weighted by atomic mass is 79.9. The van der Waals surface area contributed by atoms with Gasteiger partial charge in [0, 0.05) is 17.5 Å². The SMILES string of the molecule is CC(=O)Nc1cc(C)nn1-c1cccc(Br)c1. The maximum atomic E-state index is 11.1. The zero-order valence-corrected chi connectivity index (χ0v) is 11.2. The average molecular weight is 294 g/mol. The Balaban J connectivity index is 2.47. The molecule has 0 aliphatic carbocycles. The standard InChI is InChI=1S/C12H12BrN3O/c1-8-6-12(14-9(2)17)16(15-8)11-5-3-4-10(13)7-11/h3-7H,1-2H3,(H,14,17). The van der Waals surface area contributed by atoms with Gasteiger partial charge >= 0.3 is 0 Å². The number of carbonyl (C=O) groups excluding carboxylic acids is 1. The van der Waals surface area contributed by atoms with E-state index in [1.807, 2.05) is 37.3 Å². The van der Waals surface area contributed by atoms with Gasteiger partial charge in [-0.25, -0.2) is 4.68 Å². The van der Waals surface area contributed by atoms with Crippen LogP contribution in [0.15, 0.2) is 34.8 Å². The first kappa shape index (κ1) is 11.9. The molecule has 0 atom stereocenters. The molecule has 1 aromatic carbocycles. The second-order valence-electron chi connectivity index (χ2n) is 3.74. The van der Waals surface area contributed by atoms with E-state index in [1.54, 1.807) is 4.68 Å². The number of halogens is 1. The van der Waals surface area contributed by atoms with Gasteiger partial charge in [0.2, 0.25) is 5.91 Å². The number of nitrogens with zero attached hydrogens (tertiary/aromatic N) is 2. The van der Waals surface area contributed by atoms with Gasteiger partial charge in [-0.3, -0.25) is 4.79 Å². The van der Waals surface area contributed by atoms with E-state index in [1.165, 1.54) is 6.92 Å². The number of aryl methyl sites for hydroxylation is 1. The zero-order chi connectivity index (χ0) is 12.4. The van der Waals surface area contributed by atoms with E-state index in [4.69, 9.17) is 0 Å². The summed E-state index contributed by atoms with van der Waals surface area (Å²) in [5.74, 6) is 0.564. The van der Waals surface area contributed by atoms with Crippen LogP contribution in [-0.2, 0) is 4.79 Å². The number of hydrogen-bond acceptors (Lipinski definition) is 2. The molecule has 17 heavy (non-hydrogen) atoms. The van der Waals surface area contributed by atoms with Crippen LogP contribution in [0.5, 0.6) is 0 Å².